The van der Waals surface area contributed by atoms with Gasteiger partial charge in [-0.2, -0.15) is 13.2 Å². The Kier molecular flexibility index (Phi) is 3.91. The Morgan fingerprint density at radius 2 is 1.83 bits per heavy atom. The first kappa shape index (κ1) is 16.2. The van der Waals surface area contributed by atoms with Gasteiger partial charge in [0.05, 0.1) is 12.1 Å². The second-order valence-electron chi connectivity index (χ2n) is 5.70. The van der Waals surface area contributed by atoms with Gasteiger partial charge in [0.2, 0.25) is 0 Å². The minimum Gasteiger partial charge on any atom is -0.324 e. The zero-order valence-electron chi connectivity index (χ0n) is 13.2. The van der Waals surface area contributed by atoms with Gasteiger partial charge in [-0.25, -0.2) is 4.98 Å². The summed E-state index contributed by atoms with van der Waals surface area (Å²) in [4.78, 5) is 16.7. The monoisotopic (exact) mass is 332 g/mol. The molecule has 0 N–H and O–H groups in total. The number of alkyl halides is 3. The Hall–Kier alpha value is -2.63. The molecular formula is C18H15F3N2O. The number of benzene rings is 1. The van der Waals surface area contributed by atoms with Crippen molar-refractivity contribution < 1.29 is 18.0 Å². The fourth-order valence-electron chi connectivity index (χ4n) is 2.62. The highest BCUT2D eigenvalue weighted by Gasteiger charge is 2.33. The van der Waals surface area contributed by atoms with Gasteiger partial charge in [-0.15, -0.1) is 0 Å². The summed E-state index contributed by atoms with van der Waals surface area (Å²) in [7, 11) is 0. The van der Waals surface area contributed by atoms with Gasteiger partial charge in [-0.1, -0.05) is 30.3 Å². The van der Waals surface area contributed by atoms with Crippen molar-refractivity contribution in [3.8, 4) is 11.4 Å². The molecule has 1 aromatic carbocycles. The first-order valence-electron chi connectivity index (χ1n) is 7.40. The lowest BCUT2D eigenvalue weighted by atomic mass is 10.1. The average Bonchev–Trinajstić information content (AvgIpc) is 2.83. The molecule has 0 aliphatic carbocycles. The average molecular weight is 332 g/mol. The summed E-state index contributed by atoms with van der Waals surface area (Å²) in [5, 5.41) is 0. The minimum atomic E-state index is -4.48. The summed E-state index contributed by atoms with van der Waals surface area (Å²) < 4.78 is 40.8. The van der Waals surface area contributed by atoms with Gasteiger partial charge in [0, 0.05) is 23.0 Å². The highest BCUT2D eigenvalue weighted by Crippen LogP contribution is 2.36. The molecule has 0 saturated carbocycles. The van der Waals surface area contributed by atoms with Crippen LogP contribution in [-0.2, 0) is 12.7 Å². The molecule has 0 amide bonds. The molecule has 0 atom stereocenters. The summed E-state index contributed by atoms with van der Waals surface area (Å²) in [6, 6.07) is 9.58. The van der Waals surface area contributed by atoms with Crippen LogP contribution in [0.25, 0.3) is 11.4 Å². The molecule has 1 aromatic rings. The first-order chi connectivity index (χ1) is 11.3. The van der Waals surface area contributed by atoms with Crippen molar-refractivity contribution in [2.75, 3.05) is 0 Å². The number of fused-ring (bicyclic) bond motifs is 1. The summed E-state index contributed by atoms with van der Waals surface area (Å²) >= 11 is 0. The Labute approximate surface area is 137 Å². The molecule has 3 rings (SSSR count). The molecule has 0 bridgehead atoms. The highest BCUT2D eigenvalue weighted by atomic mass is 19.4. The number of pyridine rings is 1. The van der Waals surface area contributed by atoms with Crippen LogP contribution >= 0.6 is 0 Å². The number of rotatable bonds is 3. The van der Waals surface area contributed by atoms with Gasteiger partial charge in [-0.3, -0.25) is 4.79 Å². The number of carbonyl (C=O) groups excluding carboxylic acids is 1. The Morgan fingerprint density at radius 3 is 2.46 bits per heavy atom. The number of aryl methyl sites for hydroxylation is 1. The minimum absolute atomic E-state index is 0.194. The predicted octanol–water partition coefficient (Wildman–Crippen LogP) is 4.51. The van der Waals surface area contributed by atoms with Gasteiger partial charge >= 0.3 is 6.18 Å². The molecule has 0 saturated heterocycles. The largest absolute Gasteiger partial charge is 0.417 e. The van der Waals surface area contributed by atoms with Crippen LogP contribution in [0.2, 0.25) is 0 Å². The van der Waals surface area contributed by atoms with Crippen LogP contribution in [0.3, 0.4) is 0 Å². The fraction of sp³-hybridized carbons (Fsp3) is 0.222. The molecule has 3 nitrogen and oxygen atoms in total. The number of carbonyl (C=O) groups is 1. The van der Waals surface area contributed by atoms with Crippen LogP contribution in [0.15, 0.2) is 42.6 Å². The van der Waals surface area contributed by atoms with E-state index in [2.05, 4.69) is 4.98 Å². The number of hydrogen-bond donors (Lipinski definition) is 0. The molecule has 124 valence electrons. The van der Waals surface area contributed by atoms with E-state index >= 15 is 0 Å². The number of nitrogens with zero attached hydrogens (tertiary/aromatic N) is 2. The molecule has 0 fully saturated rings. The second-order valence-corrected chi connectivity index (χ2v) is 5.70. The lowest BCUT2D eigenvalue weighted by Crippen LogP contribution is -2.16. The van der Waals surface area contributed by atoms with E-state index in [0.717, 1.165) is 12.3 Å². The number of ketones is 1. The van der Waals surface area contributed by atoms with Crippen LogP contribution < -0.4 is 0 Å². The SMILES string of the molecule is Cc1nc2n(CC(=O)c3ccccc3)cc(C(F)(F)F)cc-2c1C. The zero-order valence-corrected chi connectivity index (χ0v) is 13.2. The lowest BCUT2D eigenvalue weighted by Gasteiger charge is -2.16. The Balaban J connectivity index is 2.09. The predicted molar refractivity (Wildman–Crippen MR) is 84.1 cm³/mol. The fourth-order valence-corrected chi connectivity index (χ4v) is 2.62. The van der Waals surface area contributed by atoms with Crippen LogP contribution in [0, 0.1) is 13.8 Å². The smallest absolute Gasteiger partial charge is 0.324 e. The van der Waals surface area contributed by atoms with Crippen LogP contribution in [0.1, 0.15) is 27.2 Å². The van der Waals surface area contributed by atoms with E-state index in [1.165, 1.54) is 4.57 Å². The molecule has 24 heavy (non-hydrogen) atoms. The van der Waals surface area contributed by atoms with Crippen molar-refractivity contribution in [1.29, 1.82) is 0 Å². The van der Waals surface area contributed by atoms with Gasteiger partial charge in [0.1, 0.15) is 5.82 Å². The quantitative estimate of drug-likeness (QED) is 0.662. The van der Waals surface area contributed by atoms with Crippen molar-refractivity contribution in [3.05, 3.63) is 65.0 Å². The first-order valence-corrected chi connectivity index (χ1v) is 7.40. The topological polar surface area (TPSA) is 34.9 Å². The molecule has 6 heteroatoms. The number of halogens is 3. The molecule has 2 heterocycles. The Morgan fingerprint density at radius 1 is 1.17 bits per heavy atom. The normalized spacial score (nSPS) is 11.9. The van der Waals surface area contributed by atoms with Gasteiger partial charge < -0.3 is 4.57 Å². The van der Waals surface area contributed by atoms with Crippen molar-refractivity contribution in [2.24, 2.45) is 0 Å². The van der Waals surface area contributed by atoms with Crippen molar-refractivity contribution in [3.63, 3.8) is 0 Å². The molecular weight excluding hydrogens is 317 g/mol. The zero-order chi connectivity index (χ0) is 17.5. The maximum absolute atomic E-state index is 13.2. The molecule has 2 aliphatic heterocycles. The van der Waals surface area contributed by atoms with E-state index in [1.54, 1.807) is 44.2 Å². The lowest BCUT2D eigenvalue weighted by molar-refractivity contribution is -0.138. The van der Waals surface area contributed by atoms with Gasteiger partial charge in [-0.05, 0) is 25.5 Å². The summed E-state index contributed by atoms with van der Waals surface area (Å²) in [6.07, 6.45) is -3.53. The van der Waals surface area contributed by atoms with E-state index in [4.69, 9.17) is 0 Å². The molecule has 0 radical (unpaired) electrons. The van der Waals surface area contributed by atoms with Crippen molar-refractivity contribution in [1.82, 2.24) is 9.55 Å². The standard InChI is InChI=1S/C18H15F3N2O/c1-11-12(2)22-17-15(11)8-14(18(19,20)21)9-23(17)10-16(24)13-6-4-3-5-7-13/h3-9H,10H2,1-2H3. The third-order valence-electron chi connectivity index (χ3n) is 4.07. The van der Waals surface area contributed by atoms with Crippen LogP contribution in [0.5, 0.6) is 0 Å². The summed E-state index contributed by atoms with van der Waals surface area (Å²) in [5.41, 5.74) is 1.44. The number of aromatic nitrogens is 2. The van der Waals surface area contributed by atoms with Gasteiger partial charge in [0.25, 0.3) is 0 Å². The third-order valence-corrected chi connectivity index (χ3v) is 4.07. The number of Topliss-reactive ketones (excluding diaryl/α,β-unsaturated/α-hetero) is 1. The van der Waals surface area contributed by atoms with E-state index < -0.39 is 11.7 Å². The molecule has 0 aromatic heterocycles. The number of hydrogen-bond acceptors (Lipinski definition) is 2. The third kappa shape index (κ3) is 2.91. The van der Waals surface area contributed by atoms with Crippen molar-refractivity contribution >= 4 is 5.78 Å². The molecule has 2 aliphatic rings. The Bertz CT molecular complexity index is 866. The van der Waals surface area contributed by atoms with E-state index in [-0.39, 0.29) is 12.3 Å². The van der Waals surface area contributed by atoms with E-state index in [0.29, 0.717) is 28.2 Å². The second kappa shape index (κ2) is 5.78. The molecule has 0 unspecified atom stereocenters. The van der Waals surface area contributed by atoms with E-state index in [1.807, 2.05) is 0 Å². The summed E-state index contributed by atoms with van der Waals surface area (Å²) in [5.74, 6) is 0.127. The van der Waals surface area contributed by atoms with Crippen molar-refractivity contribution in [2.45, 2.75) is 26.6 Å². The van der Waals surface area contributed by atoms with E-state index in [9.17, 15) is 18.0 Å². The maximum Gasteiger partial charge on any atom is 0.417 e. The van der Waals surface area contributed by atoms with Gasteiger partial charge in [0.15, 0.2) is 5.78 Å². The van der Waals surface area contributed by atoms with Crippen LogP contribution in [-0.4, -0.2) is 15.3 Å². The highest BCUT2D eigenvalue weighted by molar-refractivity contribution is 5.96. The molecule has 0 spiro atoms. The maximum atomic E-state index is 13.2. The van der Waals surface area contributed by atoms with Crippen LogP contribution in [0.4, 0.5) is 13.2 Å². The summed E-state index contributed by atoms with van der Waals surface area (Å²) in [6.45, 7) is 3.28.